The third-order valence-corrected chi connectivity index (χ3v) is 2.40. The second kappa shape index (κ2) is 5.61. The Bertz CT molecular complexity index is 274. The highest BCUT2D eigenvalue weighted by Gasteiger charge is 2.01. The molecule has 1 atom stereocenters. The molecule has 0 saturated carbocycles. The molecule has 0 heterocycles. The van der Waals surface area contributed by atoms with E-state index in [2.05, 4.69) is 37.8 Å². The van der Waals surface area contributed by atoms with Gasteiger partial charge in [0.2, 0.25) is 0 Å². The number of benzene rings is 1. The molecule has 2 N–H and O–H groups in total. The van der Waals surface area contributed by atoms with Crippen LogP contribution in [-0.4, -0.2) is 6.04 Å². The zero-order valence-electron chi connectivity index (χ0n) is 8.87. The third-order valence-electron chi connectivity index (χ3n) is 2.40. The SMILES string of the molecule is C=CCC(N)Cc1ccc(CC)cc1. The minimum absolute atomic E-state index is 0.208. The summed E-state index contributed by atoms with van der Waals surface area (Å²) in [7, 11) is 0. The van der Waals surface area contributed by atoms with Gasteiger partial charge in [-0.3, -0.25) is 0 Å². The molecule has 1 aromatic carbocycles. The lowest BCUT2D eigenvalue weighted by Gasteiger charge is -2.09. The van der Waals surface area contributed by atoms with Crippen LogP contribution in [0.15, 0.2) is 36.9 Å². The Balaban J connectivity index is 2.54. The fourth-order valence-corrected chi connectivity index (χ4v) is 1.51. The Morgan fingerprint density at radius 2 is 1.86 bits per heavy atom. The number of rotatable bonds is 5. The molecule has 14 heavy (non-hydrogen) atoms. The monoisotopic (exact) mass is 189 g/mol. The number of aryl methyl sites for hydroxylation is 1. The maximum Gasteiger partial charge on any atom is 0.0114 e. The molecule has 0 fully saturated rings. The molecular formula is C13H19N. The van der Waals surface area contributed by atoms with Gasteiger partial charge in [0.1, 0.15) is 0 Å². The van der Waals surface area contributed by atoms with E-state index in [1.165, 1.54) is 11.1 Å². The largest absolute Gasteiger partial charge is 0.327 e. The summed E-state index contributed by atoms with van der Waals surface area (Å²) in [5.74, 6) is 0. The Hall–Kier alpha value is -1.08. The summed E-state index contributed by atoms with van der Waals surface area (Å²) >= 11 is 0. The van der Waals surface area contributed by atoms with Crippen molar-refractivity contribution < 1.29 is 0 Å². The quantitative estimate of drug-likeness (QED) is 0.708. The highest BCUT2D eigenvalue weighted by molar-refractivity contribution is 5.23. The predicted octanol–water partition coefficient (Wildman–Crippen LogP) is 2.69. The van der Waals surface area contributed by atoms with Crippen LogP contribution >= 0.6 is 0 Å². The number of hydrogen-bond donors (Lipinski definition) is 1. The lowest BCUT2D eigenvalue weighted by molar-refractivity contribution is 0.679. The van der Waals surface area contributed by atoms with Crippen LogP contribution in [0.25, 0.3) is 0 Å². The van der Waals surface area contributed by atoms with Crippen molar-refractivity contribution >= 4 is 0 Å². The highest BCUT2D eigenvalue weighted by Crippen LogP contribution is 2.08. The topological polar surface area (TPSA) is 26.0 Å². The Morgan fingerprint density at radius 1 is 1.29 bits per heavy atom. The molecule has 0 saturated heterocycles. The van der Waals surface area contributed by atoms with Gasteiger partial charge < -0.3 is 5.73 Å². The summed E-state index contributed by atoms with van der Waals surface area (Å²) in [6.45, 7) is 5.85. The van der Waals surface area contributed by atoms with E-state index >= 15 is 0 Å². The molecule has 1 aromatic rings. The van der Waals surface area contributed by atoms with Gasteiger partial charge in [0.15, 0.2) is 0 Å². The first-order valence-corrected chi connectivity index (χ1v) is 5.20. The molecule has 0 radical (unpaired) electrons. The normalized spacial score (nSPS) is 12.4. The van der Waals surface area contributed by atoms with E-state index in [9.17, 15) is 0 Å². The number of hydrogen-bond acceptors (Lipinski definition) is 1. The van der Waals surface area contributed by atoms with E-state index in [1.807, 2.05) is 6.08 Å². The maximum absolute atomic E-state index is 5.92. The zero-order valence-corrected chi connectivity index (χ0v) is 8.87. The van der Waals surface area contributed by atoms with Crippen LogP contribution in [0.1, 0.15) is 24.5 Å². The van der Waals surface area contributed by atoms with Crippen LogP contribution in [0, 0.1) is 0 Å². The van der Waals surface area contributed by atoms with Crippen molar-refractivity contribution in [2.45, 2.75) is 32.2 Å². The molecule has 1 rings (SSSR count). The van der Waals surface area contributed by atoms with Gasteiger partial charge >= 0.3 is 0 Å². The van der Waals surface area contributed by atoms with Crippen LogP contribution in [0.4, 0.5) is 0 Å². The van der Waals surface area contributed by atoms with Crippen molar-refractivity contribution in [1.82, 2.24) is 0 Å². The standard InChI is InChI=1S/C13H19N/c1-3-5-13(14)10-12-8-6-11(4-2)7-9-12/h3,6-9,13H,1,4-5,10,14H2,2H3. The van der Waals surface area contributed by atoms with E-state index < -0.39 is 0 Å². The molecule has 76 valence electrons. The Labute approximate surface area is 86.6 Å². The van der Waals surface area contributed by atoms with Gasteiger partial charge in [-0.2, -0.15) is 0 Å². The van der Waals surface area contributed by atoms with Gasteiger partial charge in [-0.25, -0.2) is 0 Å². The van der Waals surface area contributed by atoms with Crippen LogP contribution in [-0.2, 0) is 12.8 Å². The van der Waals surface area contributed by atoms with Gasteiger partial charge in [-0.05, 0) is 30.4 Å². The van der Waals surface area contributed by atoms with Crippen molar-refractivity contribution in [2.24, 2.45) is 5.73 Å². The summed E-state index contributed by atoms with van der Waals surface area (Å²) in [6, 6.07) is 8.90. The van der Waals surface area contributed by atoms with Crippen molar-refractivity contribution in [3.63, 3.8) is 0 Å². The summed E-state index contributed by atoms with van der Waals surface area (Å²) in [6.07, 6.45) is 4.80. The van der Waals surface area contributed by atoms with E-state index in [1.54, 1.807) is 0 Å². The molecule has 0 aliphatic carbocycles. The Kier molecular flexibility index (Phi) is 4.41. The van der Waals surface area contributed by atoms with Crippen molar-refractivity contribution in [3.8, 4) is 0 Å². The van der Waals surface area contributed by atoms with Gasteiger partial charge in [-0.15, -0.1) is 6.58 Å². The molecule has 0 aromatic heterocycles. The predicted molar refractivity (Wildman–Crippen MR) is 62.3 cm³/mol. The van der Waals surface area contributed by atoms with Gasteiger partial charge in [0.25, 0.3) is 0 Å². The lowest BCUT2D eigenvalue weighted by Crippen LogP contribution is -2.21. The number of nitrogens with two attached hydrogens (primary N) is 1. The maximum atomic E-state index is 5.92. The minimum atomic E-state index is 0.208. The molecule has 1 unspecified atom stereocenters. The molecule has 0 aliphatic rings. The minimum Gasteiger partial charge on any atom is -0.327 e. The lowest BCUT2D eigenvalue weighted by atomic mass is 10.0. The second-order valence-corrected chi connectivity index (χ2v) is 3.66. The summed E-state index contributed by atoms with van der Waals surface area (Å²) < 4.78 is 0. The van der Waals surface area contributed by atoms with Gasteiger partial charge in [0.05, 0.1) is 0 Å². The van der Waals surface area contributed by atoms with E-state index in [0.29, 0.717) is 0 Å². The van der Waals surface area contributed by atoms with Crippen molar-refractivity contribution in [2.75, 3.05) is 0 Å². The molecule has 0 aliphatic heterocycles. The summed E-state index contributed by atoms with van der Waals surface area (Å²) in [4.78, 5) is 0. The fourth-order valence-electron chi connectivity index (χ4n) is 1.51. The fraction of sp³-hybridized carbons (Fsp3) is 0.385. The summed E-state index contributed by atoms with van der Waals surface area (Å²) in [5, 5.41) is 0. The van der Waals surface area contributed by atoms with E-state index in [-0.39, 0.29) is 6.04 Å². The molecule has 1 nitrogen and oxygen atoms in total. The average Bonchev–Trinajstić information content (AvgIpc) is 2.19. The molecule has 1 heteroatoms. The van der Waals surface area contributed by atoms with E-state index in [0.717, 1.165) is 19.3 Å². The van der Waals surface area contributed by atoms with Crippen molar-refractivity contribution in [3.05, 3.63) is 48.0 Å². The van der Waals surface area contributed by atoms with E-state index in [4.69, 9.17) is 5.73 Å². The third kappa shape index (κ3) is 3.35. The Morgan fingerprint density at radius 3 is 2.36 bits per heavy atom. The van der Waals surface area contributed by atoms with Gasteiger partial charge in [0, 0.05) is 6.04 Å². The van der Waals surface area contributed by atoms with Crippen LogP contribution < -0.4 is 5.73 Å². The van der Waals surface area contributed by atoms with Crippen LogP contribution in [0.2, 0.25) is 0 Å². The first-order valence-electron chi connectivity index (χ1n) is 5.20. The first kappa shape index (κ1) is 11.0. The molecule has 0 bridgehead atoms. The smallest absolute Gasteiger partial charge is 0.0114 e. The molecule has 0 spiro atoms. The van der Waals surface area contributed by atoms with Crippen LogP contribution in [0.3, 0.4) is 0 Å². The van der Waals surface area contributed by atoms with Gasteiger partial charge in [-0.1, -0.05) is 37.3 Å². The molecule has 0 amide bonds. The molecular weight excluding hydrogens is 170 g/mol. The van der Waals surface area contributed by atoms with Crippen molar-refractivity contribution in [1.29, 1.82) is 0 Å². The summed E-state index contributed by atoms with van der Waals surface area (Å²) in [5.41, 5.74) is 8.61. The zero-order chi connectivity index (χ0) is 10.4. The first-order chi connectivity index (χ1) is 6.76. The highest BCUT2D eigenvalue weighted by atomic mass is 14.6. The second-order valence-electron chi connectivity index (χ2n) is 3.66. The average molecular weight is 189 g/mol. The van der Waals surface area contributed by atoms with Crippen LogP contribution in [0.5, 0.6) is 0 Å².